The summed E-state index contributed by atoms with van der Waals surface area (Å²) in [4.78, 5) is 4.96. The number of unbranched alkanes of at least 4 members (excludes halogenated alkanes) is 9. The summed E-state index contributed by atoms with van der Waals surface area (Å²) >= 11 is 0. The smallest absolute Gasteiger partial charge is 0.0728 e. The maximum atomic E-state index is 6.46. The van der Waals surface area contributed by atoms with Crippen LogP contribution in [0.2, 0.25) is 0 Å². The van der Waals surface area contributed by atoms with Crippen LogP contribution in [0, 0.1) is 0 Å². The summed E-state index contributed by atoms with van der Waals surface area (Å²) in [7, 11) is 0. The first-order chi connectivity index (χ1) is 13.3. The van der Waals surface area contributed by atoms with Crippen molar-refractivity contribution in [1.29, 1.82) is 0 Å². The predicted molar refractivity (Wildman–Crippen MR) is 118 cm³/mol. The van der Waals surface area contributed by atoms with Crippen LogP contribution in [-0.2, 0) is 19.3 Å². The zero-order valence-electron chi connectivity index (χ0n) is 17.4. The van der Waals surface area contributed by atoms with E-state index in [4.69, 9.17) is 10.7 Å². The molecule has 1 heterocycles. The molecule has 0 amide bonds. The lowest BCUT2D eigenvalue weighted by atomic mass is 9.92. The van der Waals surface area contributed by atoms with Gasteiger partial charge in [-0.3, -0.25) is 4.98 Å². The van der Waals surface area contributed by atoms with Crippen molar-refractivity contribution >= 4 is 16.6 Å². The highest BCUT2D eigenvalue weighted by molar-refractivity contribution is 5.92. The van der Waals surface area contributed by atoms with E-state index in [0.717, 1.165) is 29.4 Å². The van der Waals surface area contributed by atoms with Gasteiger partial charge in [0.1, 0.15) is 0 Å². The van der Waals surface area contributed by atoms with Crippen LogP contribution in [0.15, 0.2) is 18.2 Å². The van der Waals surface area contributed by atoms with Crippen LogP contribution in [-0.4, -0.2) is 4.98 Å². The lowest BCUT2D eigenvalue weighted by molar-refractivity contribution is 0.556. The number of benzene rings is 1. The van der Waals surface area contributed by atoms with Gasteiger partial charge in [-0.25, -0.2) is 0 Å². The Bertz CT molecular complexity index is 720. The molecule has 0 radical (unpaired) electrons. The van der Waals surface area contributed by atoms with Gasteiger partial charge in [0.2, 0.25) is 0 Å². The molecule has 0 saturated heterocycles. The molecular weight excluding hydrogens is 328 g/mol. The van der Waals surface area contributed by atoms with Gasteiger partial charge in [-0.2, -0.15) is 0 Å². The quantitative estimate of drug-likeness (QED) is 0.428. The van der Waals surface area contributed by atoms with Gasteiger partial charge in [0, 0.05) is 16.8 Å². The molecule has 0 fully saturated rings. The lowest BCUT2D eigenvalue weighted by Crippen LogP contribution is -2.09. The van der Waals surface area contributed by atoms with E-state index in [0.29, 0.717) is 0 Å². The van der Waals surface area contributed by atoms with Gasteiger partial charge in [0.15, 0.2) is 0 Å². The average Bonchev–Trinajstić information content (AvgIpc) is 2.69. The summed E-state index contributed by atoms with van der Waals surface area (Å²) < 4.78 is 0. The van der Waals surface area contributed by atoms with Gasteiger partial charge >= 0.3 is 0 Å². The fourth-order valence-corrected chi connectivity index (χ4v) is 4.48. The Labute approximate surface area is 166 Å². The number of pyridine rings is 1. The standard InChI is InChI=1S/C25H38N2/c1-2-3-4-5-6-7-8-9-10-11-14-20-17-18-22-24(19-20)27-23-16-13-12-15-21(23)25(22)26/h17-19H,2-16H2,1H3,(H2,26,27). The fraction of sp³-hybridized carbons (Fsp3) is 0.640. The van der Waals surface area contributed by atoms with Crippen LogP contribution in [0.25, 0.3) is 10.9 Å². The lowest BCUT2D eigenvalue weighted by Gasteiger charge is -2.18. The normalized spacial score (nSPS) is 13.8. The number of rotatable bonds is 11. The van der Waals surface area contributed by atoms with Crippen molar-refractivity contribution in [2.24, 2.45) is 0 Å². The monoisotopic (exact) mass is 366 g/mol. The van der Waals surface area contributed by atoms with Crippen molar-refractivity contribution in [2.75, 3.05) is 5.73 Å². The number of anilines is 1. The summed E-state index contributed by atoms with van der Waals surface area (Å²) in [5.74, 6) is 0. The van der Waals surface area contributed by atoms with Crippen molar-refractivity contribution in [1.82, 2.24) is 4.98 Å². The third kappa shape index (κ3) is 5.70. The maximum Gasteiger partial charge on any atom is 0.0728 e. The molecule has 0 saturated carbocycles. The first-order valence-corrected chi connectivity index (χ1v) is 11.5. The Morgan fingerprint density at radius 2 is 1.52 bits per heavy atom. The second-order valence-electron chi connectivity index (χ2n) is 8.44. The number of hydrogen-bond donors (Lipinski definition) is 1. The third-order valence-corrected chi connectivity index (χ3v) is 6.19. The maximum absolute atomic E-state index is 6.46. The van der Waals surface area contributed by atoms with E-state index in [1.54, 1.807) is 0 Å². The molecule has 27 heavy (non-hydrogen) atoms. The van der Waals surface area contributed by atoms with E-state index in [1.807, 2.05) is 0 Å². The van der Waals surface area contributed by atoms with Crippen molar-refractivity contribution in [3.05, 3.63) is 35.0 Å². The zero-order chi connectivity index (χ0) is 18.9. The van der Waals surface area contributed by atoms with Crippen molar-refractivity contribution in [2.45, 2.75) is 103 Å². The highest BCUT2D eigenvalue weighted by Crippen LogP contribution is 2.31. The topological polar surface area (TPSA) is 38.9 Å². The number of aromatic nitrogens is 1. The minimum atomic E-state index is 0.986. The second kappa shape index (κ2) is 10.7. The molecule has 2 nitrogen and oxygen atoms in total. The van der Waals surface area contributed by atoms with E-state index in [1.165, 1.54) is 100 Å². The molecule has 2 aromatic rings. The van der Waals surface area contributed by atoms with Crippen LogP contribution in [0.3, 0.4) is 0 Å². The van der Waals surface area contributed by atoms with Gasteiger partial charge in [-0.1, -0.05) is 76.8 Å². The largest absolute Gasteiger partial charge is 0.398 e. The molecule has 0 aliphatic heterocycles. The molecule has 1 aliphatic rings. The highest BCUT2D eigenvalue weighted by atomic mass is 14.7. The molecule has 0 bridgehead atoms. The minimum Gasteiger partial charge on any atom is -0.398 e. The number of fused-ring (bicyclic) bond motifs is 2. The summed E-state index contributed by atoms with van der Waals surface area (Å²) in [6.45, 7) is 2.29. The third-order valence-electron chi connectivity index (χ3n) is 6.19. The van der Waals surface area contributed by atoms with Gasteiger partial charge in [-0.15, -0.1) is 0 Å². The molecule has 1 aromatic heterocycles. The van der Waals surface area contributed by atoms with Crippen LogP contribution < -0.4 is 5.73 Å². The van der Waals surface area contributed by atoms with Gasteiger partial charge in [-0.05, 0) is 55.7 Å². The van der Waals surface area contributed by atoms with Crippen molar-refractivity contribution in [3.63, 3.8) is 0 Å². The second-order valence-corrected chi connectivity index (χ2v) is 8.44. The summed E-state index contributed by atoms with van der Waals surface area (Å²) in [5.41, 5.74) is 12.5. The average molecular weight is 367 g/mol. The Morgan fingerprint density at radius 1 is 0.852 bits per heavy atom. The van der Waals surface area contributed by atoms with Gasteiger partial charge in [0.05, 0.1) is 5.52 Å². The van der Waals surface area contributed by atoms with Gasteiger partial charge in [0.25, 0.3) is 0 Å². The first-order valence-electron chi connectivity index (χ1n) is 11.5. The molecule has 0 atom stereocenters. The summed E-state index contributed by atoms with van der Waals surface area (Å²) in [5, 5.41) is 1.16. The van der Waals surface area contributed by atoms with E-state index in [-0.39, 0.29) is 0 Å². The Balaban J connectivity index is 1.43. The number of nitrogen functional groups attached to an aromatic ring is 1. The summed E-state index contributed by atoms with van der Waals surface area (Å²) in [6, 6.07) is 6.76. The number of nitrogens with zero attached hydrogens (tertiary/aromatic N) is 1. The van der Waals surface area contributed by atoms with E-state index in [2.05, 4.69) is 25.1 Å². The molecule has 2 N–H and O–H groups in total. The fourth-order valence-electron chi connectivity index (χ4n) is 4.48. The van der Waals surface area contributed by atoms with Crippen LogP contribution in [0.1, 0.15) is 101 Å². The molecule has 1 aromatic carbocycles. The Kier molecular flexibility index (Phi) is 7.98. The molecule has 148 valence electrons. The molecule has 1 aliphatic carbocycles. The Morgan fingerprint density at radius 3 is 2.26 bits per heavy atom. The summed E-state index contributed by atoms with van der Waals surface area (Å²) in [6.07, 6.45) is 19.8. The zero-order valence-corrected chi connectivity index (χ0v) is 17.4. The predicted octanol–water partition coefficient (Wildman–Crippen LogP) is 7.16. The van der Waals surface area contributed by atoms with Crippen LogP contribution >= 0.6 is 0 Å². The van der Waals surface area contributed by atoms with E-state index >= 15 is 0 Å². The Hall–Kier alpha value is -1.57. The first kappa shape index (κ1) is 20.2. The molecule has 0 unspecified atom stereocenters. The van der Waals surface area contributed by atoms with Crippen molar-refractivity contribution in [3.8, 4) is 0 Å². The van der Waals surface area contributed by atoms with E-state index in [9.17, 15) is 0 Å². The van der Waals surface area contributed by atoms with E-state index < -0.39 is 0 Å². The number of nitrogens with two attached hydrogens (primary N) is 1. The SMILES string of the molecule is CCCCCCCCCCCCc1ccc2c(N)c3c(nc2c1)CCCC3. The molecule has 2 heteroatoms. The highest BCUT2D eigenvalue weighted by Gasteiger charge is 2.16. The van der Waals surface area contributed by atoms with Crippen LogP contribution in [0.5, 0.6) is 0 Å². The van der Waals surface area contributed by atoms with Crippen LogP contribution in [0.4, 0.5) is 5.69 Å². The number of aryl methyl sites for hydroxylation is 2. The number of hydrogen-bond acceptors (Lipinski definition) is 2. The minimum absolute atomic E-state index is 0.986. The molecular formula is C25H38N2. The van der Waals surface area contributed by atoms with Crippen molar-refractivity contribution < 1.29 is 0 Å². The molecule has 0 spiro atoms. The van der Waals surface area contributed by atoms with Gasteiger partial charge < -0.3 is 5.73 Å². The molecule has 3 rings (SSSR count).